The van der Waals surface area contributed by atoms with Crippen molar-refractivity contribution in [1.82, 2.24) is 14.7 Å². The highest BCUT2D eigenvalue weighted by atomic mass is 19.4. The van der Waals surface area contributed by atoms with Crippen LogP contribution in [0.5, 0.6) is 0 Å². The Kier molecular flexibility index (Phi) is 5.93. The molecule has 136 valence electrons. The van der Waals surface area contributed by atoms with Crippen LogP contribution in [-0.2, 0) is 31.1 Å². The molecule has 4 nitrogen and oxygen atoms in total. The highest BCUT2D eigenvalue weighted by molar-refractivity contribution is 5.79. The molecule has 0 spiro atoms. The van der Waals surface area contributed by atoms with Gasteiger partial charge >= 0.3 is 6.18 Å². The van der Waals surface area contributed by atoms with Gasteiger partial charge in [0.1, 0.15) is 0 Å². The smallest absolute Gasteiger partial charge is 0.342 e. The zero-order valence-electron chi connectivity index (χ0n) is 14.6. The molecular weight excluding hydrogens is 319 g/mol. The number of aryl methyl sites for hydroxylation is 2. The normalized spacial score (nSPS) is 18.9. The van der Waals surface area contributed by atoms with Crippen molar-refractivity contribution in [2.75, 3.05) is 13.1 Å². The van der Waals surface area contributed by atoms with Crippen molar-refractivity contribution in [3.8, 4) is 0 Å². The average molecular weight is 345 g/mol. The van der Waals surface area contributed by atoms with Gasteiger partial charge in [0.2, 0.25) is 5.91 Å². The molecule has 7 heteroatoms. The molecule has 1 atom stereocenters. The Balaban J connectivity index is 2.07. The highest BCUT2D eigenvalue weighted by Gasteiger charge is 2.35. The summed E-state index contributed by atoms with van der Waals surface area (Å²) in [6, 6.07) is 0. The molecule has 1 saturated heterocycles. The molecule has 1 amide bonds. The van der Waals surface area contributed by atoms with Crippen molar-refractivity contribution in [3.05, 3.63) is 17.0 Å². The fraction of sp³-hybridized carbons (Fsp3) is 0.765. The highest BCUT2D eigenvalue weighted by Crippen LogP contribution is 2.30. The second-order valence-electron chi connectivity index (χ2n) is 6.55. The molecule has 0 N–H and O–H groups in total. The number of piperidine rings is 1. The summed E-state index contributed by atoms with van der Waals surface area (Å²) in [5, 5.41) is 4.46. The van der Waals surface area contributed by atoms with E-state index >= 15 is 0 Å². The molecule has 24 heavy (non-hydrogen) atoms. The molecule has 0 aliphatic carbocycles. The lowest BCUT2D eigenvalue weighted by Gasteiger charge is -2.33. The van der Waals surface area contributed by atoms with E-state index in [-0.39, 0.29) is 18.9 Å². The van der Waals surface area contributed by atoms with Crippen molar-refractivity contribution >= 4 is 5.91 Å². The van der Waals surface area contributed by atoms with Crippen molar-refractivity contribution < 1.29 is 18.0 Å². The third-order valence-corrected chi connectivity index (χ3v) is 4.75. The molecule has 1 aliphatic rings. The van der Waals surface area contributed by atoms with E-state index in [0.717, 1.165) is 29.8 Å². The van der Waals surface area contributed by atoms with Gasteiger partial charge in [0.25, 0.3) is 0 Å². The Morgan fingerprint density at radius 2 is 2.00 bits per heavy atom. The van der Waals surface area contributed by atoms with Gasteiger partial charge in [-0.05, 0) is 31.6 Å². The van der Waals surface area contributed by atoms with E-state index in [9.17, 15) is 18.0 Å². The monoisotopic (exact) mass is 345 g/mol. The van der Waals surface area contributed by atoms with Crippen LogP contribution in [0.2, 0.25) is 0 Å². The van der Waals surface area contributed by atoms with Gasteiger partial charge in [-0.1, -0.05) is 13.8 Å². The molecule has 0 saturated carbocycles. The molecule has 1 aromatic heterocycles. The fourth-order valence-corrected chi connectivity index (χ4v) is 3.64. The van der Waals surface area contributed by atoms with Gasteiger partial charge in [-0.15, -0.1) is 0 Å². The van der Waals surface area contributed by atoms with Crippen LogP contribution in [0.4, 0.5) is 13.2 Å². The van der Waals surface area contributed by atoms with Crippen molar-refractivity contribution in [3.63, 3.8) is 0 Å². The number of amides is 1. The van der Waals surface area contributed by atoms with E-state index in [4.69, 9.17) is 0 Å². The Hall–Kier alpha value is -1.53. The number of alkyl halides is 3. The topological polar surface area (TPSA) is 38.1 Å². The van der Waals surface area contributed by atoms with Crippen LogP contribution in [0.25, 0.3) is 0 Å². The summed E-state index contributed by atoms with van der Waals surface area (Å²) in [4.78, 5) is 14.2. The van der Waals surface area contributed by atoms with Crippen molar-refractivity contribution in [1.29, 1.82) is 0 Å². The number of aromatic nitrogens is 2. The summed E-state index contributed by atoms with van der Waals surface area (Å²) in [7, 11) is 1.87. The lowest BCUT2D eigenvalue weighted by Crippen LogP contribution is -2.42. The van der Waals surface area contributed by atoms with Crippen molar-refractivity contribution in [2.45, 2.75) is 58.5 Å². The van der Waals surface area contributed by atoms with Gasteiger partial charge in [-0.2, -0.15) is 18.3 Å². The molecule has 1 aliphatic heterocycles. The largest absolute Gasteiger partial charge is 0.389 e. The predicted molar refractivity (Wildman–Crippen MR) is 85.6 cm³/mol. The third kappa shape index (κ3) is 4.51. The molecule has 0 aromatic carbocycles. The zero-order chi connectivity index (χ0) is 17.9. The lowest BCUT2D eigenvalue weighted by atomic mass is 9.94. The average Bonchev–Trinajstić information content (AvgIpc) is 2.80. The number of hydrogen-bond acceptors (Lipinski definition) is 2. The zero-order valence-corrected chi connectivity index (χ0v) is 14.6. The van der Waals surface area contributed by atoms with Crippen LogP contribution in [0, 0.1) is 5.92 Å². The summed E-state index contributed by atoms with van der Waals surface area (Å²) >= 11 is 0. The second-order valence-corrected chi connectivity index (χ2v) is 6.55. The first-order valence-corrected chi connectivity index (χ1v) is 8.63. The Labute approximate surface area is 141 Å². The van der Waals surface area contributed by atoms with Gasteiger partial charge < -0.3 is 4.90 Å². The van der Waals surface area contributed by atoms with Gasteiger partial charge in [0.05, 0.1) is 12.1 Å². The molecule has 1 fully saturated rings. The van der Waals surface area contributed by atoms with Crippen LogP contribution in [0.1, 0.15) is 50.1 Å². The van der Waals surface area contributed by atoms with Crippen LogP contribution in [-0.4, -0.2) is 39.9 Å². The van der Waals surface area contributed by atoms with Gasteiger partial charge in [-0.3, -0.25) is 9.48 Å². The predicted octanol–water partition coefficient (Wildman–Crippen LogP) is 3.28. The molecule has 2 rings (SSSR count). The van der Waals surface area contributed by atoms with Crippen molar-refractivity contribution in [2.24, 2.45) is 13.0 Å². The second kappa shape index (κ2) is 7.57. The standard InChI is InChI=1S/C17H26F3N3O/c1-4-14-13(15(5-2)22(3)21-14)9-16(24)23-8-6-7-12(11-23)10-17(18,19)20/h12H,4-11H2,1-3H3. The minimum absolute atomic E-state index is 0.0840. The van der Waals surface area contributed by atoms with E-state index in [1.807, 2.05) is 25.6 Å². The van der Waals surface area contributed by atoms with Crippen LogP contribution in [0.15, 0.2) is 0 Å². The summed E-state index contributed by atoms with van der Waals surface area (Å²) in [6.45, 7) is 4.78. The number of likely N-dealkylation sites (tertiary alicyclic amines) is 1. The number of hydrogen-bond donors (Lipinski definition) is 0. The Bertz CT molecular complexity index is 580. The summed E-state index contributed by atoms with van der Waals surface area (Å²) in [6.07, 6.45) is -2.03. The summed E-state index contributed by atoms with van der Waals surface area (Å²) in [5.41, 5.74) is 2.89. The molecule has 1 aromatic rings. The minimum Gasteiger partial charge on any atom is -0.342 e. The maximum Gasteiger partial charge on any atom is 0.389 e. The maximum atomic E-state index is 12.6. The first-order valence-electron chi connectivity index (χ1n) is 8.63. The first-order chi connectivity index (χ1) is 11.2. The van der Waals surface area contributed by atoms with E-state index < -0.39 is 18.5 Å². The SMILES string of the molecule is CCc1nn(C)c(CC)c1CC(=O)N1CCCC(CC(F)(F)F)C1. The first kappa shape index (κ1) is 18.8. The quantitative estimate of drug-likeness (QED) is 0.821. The third-order valence-electron chi connectivity index (χ3n) is 4.75. The maximum absolute atomic E-state index is 12.6. The Morgan fingerprint density at radius 3 is 2.58 bits per heavy atom. The fourth-order valence-electron chi connectivity index (χ4n) is 3.64. The molecular formula is C17H26F3N3O. The van der Waals surface area contributed by atoms with Gasteiger partial charge in [0, 0.05) is 37.8 Å². The van der Waals surface area contributed by atoms with Crippen LogP contribution in [0.3, 0.4) is 0 Å². The van der Waals surface area contributed by atoms with Crippen LogP contribution >= 0.6 is 0 Å². The number of carbonyl (C=O) groups is 1. The van der Waals surface area contributed by atoms with Gasteiger partial charge in [-0.25, -0.2) is 0 Å². The number of halogens is 3. The van der Waals surface area contributed by atoms with E-state index in [1.165, 1.54) is 0 Å². The number of rotatable bonds is 5. The number of carbonyl (C=O) groups excluding carboxylic acids is 1. The molecule has 0 radical (unpaired) electrons. The van der Waals surface area contributed by atoms with E-state index in [0.29, 0.717) is 19.4 Å². The Morgan fingerprint density at radius 1 is 1.29 bits per heavy atom. The summed E-state index contributed by atoms with van der Waals surface area (Å²) < 4.78 is 39.6. The van der Waals surface area contributed by atoms with E-state index in [2.05, 4.69) is 5.10 Å². The van der Waals surface area contributed by atoms with Crippen LogP contribution < -0.4 is 0 Å². The lowest BCUT2D eigenvalue weighted by molar-refractivity contribution is -0.152. The van der Waals surface area contributed by atoms with E-state index in [1.54, 1.807) is 4.90 Å². The molecule has 1 unspecified atom stereocenters. The molecule has 0 bridgehead atoms. The summed E-state index contributed by atoms with van der Waals surface area (Å²) in [5.74, 6) is -0.563. The molecule has 2 heterocycles. The number of nitrogens with zero attached hydrogens (tertiary/aromatic N) is 3. The minimum atomic E-state index is -4.16. The van der Waals surface area contributed by atoms with Gasteiger partial charge in [0.15, 0.2) is 0 Å².